The third-order valence-corrected chi connectivity index (χ3v) is 3.36. The SMILES string of the molecule is CCO/C(N)=C(\N=Nc1ccc(C)cc1)C(=O)c1ccc(C)cc1. The Morgan fingerprint density at radius 1 is 1.00 bits per heavy atom. The topological polar surface area (TPSA) is 77.0 Å². The fraction of sp³-hybridized carbons (Fsp3) is 0.211. The molecule has 0 bridgehead atoms. The summed E-state index contributed by atoms with van der Waals surface area (Å²) in [4.78, 5) is 12.7. The summed E-state index contributed by atoms with van der Waals surface area (Å²) in [7, 11) is 0. The number of aryl methyl sites for hydroxylation is 2. The first-order chi connectivity index (χ1) is 11.5. The number of carbonyl (C=O) groups is 1. The molecule has 0 atom stereocenters. The number of ketones is 1. The zero-order valence-electron chi connectivity index (χ0n) is 14.1. The highest BCUT2D eigenvalue weighted by Crippen LogP contribution is 2.18. The van der Waals surface area contributed by atoms with Gasteiger partial charge in [-0.05, 0) is 32.9 Å². The maximum atomic E-state index is 12.7. The van der Waals surface area contributed by atoms with Crippen molar-refractivity contribution in [1.29, 1.82) is 0 Å². The third-order valence-electron chi connectivity index (χ3n) is 3.36. The van der Waals surface area contributed by atoms with Crippen molar-refractivity contribution in [1.82, 2.24) is 0 Å². The van der Waals surface area contributed by atoms with Gasteiger partial charge in [0.2, 0.25) is 11.7 Å². The number of carbonyl (C=O) groups excluding carboxylic acids is 1. The van der Waals surface area contributed by atoms with Gasteiger partial charge in [-0.25, -0.2) is 0 Å². The van der Waals surface area contributed by atoms with Crippen molar-refractivity contribution in [3.05, 3.63) is 76.8 Å². The first-order valence-corrected chi connectivity index (χ1v) is 7.73. The monoisotopic (exact) mass is 323 g/mol. The second-order valence-corrected chi connectivity index (χ2v) is 5.38. The van der Waals surface area contributed by atoms with E-state index in [-0.39, 0.29) is 17.4 Å². The van der Waals surface area contributed by atoms with Crippen LogP contribution in [0.5, 0.6) is 0 Å². The standard InChI is InChI=1S/C19H21N3O2/c1-4-24-19(20)17(18(23)15-9-5-13(2)6-10-15)22-21-16-11-7-14(3)8-12-16/h5-12H,4,20H2,1-3H3/b19-17-,22-21?. The van der Waals surface area contributed by atoms with Crippen LogP contribution in [0.25, 0.3) is 0 Å². The molecule has 2 rings (SSSR count). The zero-order chi connectivity index (χ0) is 17.5. The van der Waals surface area contributed by atoms with Gasteiger partial charge in [0.1, 0.15) is 0 Å². The Morgan fingerprint density at radius 2 is 1.54 bits per heavy atom. The minimum absolute atomic E-state index is 0.00118. The zero-order valence-corrected chi connectivity index (χ0v) is 14.1. The van der Waals surface area contributed by atoms with Gasteiger partial charge in [0.25, 0.3) is 0 Å². The van der Waals surface area contributed by atoms with Gasteiger partial charge in [0, 0.05) is 5.56 Å². The molecule has 5 nitrogen and oxygen atoms in total. The molecule has 0 amide bonds. The van der Waals surface area contributed by atoms with E-state index >= 15 is 0 Å². The molecule has 5 heteroatoms. The molecule has 24 heavy (non-hydrogen) atoms. The van der Waals surface area contributed by atoms with Crippen LogP contribution < -0.4 is 5.73 Å². The van der Waals surface area contributed by atoms with Gasteiger partial charge < -0.3 is 10.5 Å². The van der Waals surface area contributed by atoms with Crippen LogP contribution in [0, 0.1) is 13.8 Å². The summed E-state index contributed by atoms with van der Waals surface area (Å²) in [6.45, 7) is 6.07. The van der Waals surface area contributed by atoms with Gasteiger partial charge in [0.15, 0.2) is 5.70 Å². The second kappa shape index (κ2) is 8.06. The maximum Gasteiger partial charge on any atom is 0.218 e. The van der Waals surface area contributed by atoms with Crippen molar-refractivity contribution in [2.45, 2.75) is 20.8 Å². The van der Waals surface area contributed by atoms with Crippen LogP contribution in [-0.2, 0) is 4.74 Å². The molecule has 0 heterocycles. The van der Waals surface area contributed by atoms with Crippen LogP contribution in [0.1, 0.15) is 28.4 Å². The Kier molecular flexibility index (Phi) is 5.84. The van der Waals surface area contributed by atoms with Gasteiger partial charge in [-0.1, -0.05) is 47.5 Å². The summed E-state index contributed by atoms with van der Waals surface area (Å²) in [6, 6.07) is 14.7. The lowest BCUT2D eigenvalue weighted by Crippen LogP contribution is -2.12. The molecule has 0 aliphatic carbocycles. The molecule has 0 fully saturated rings. The highest BCUT2D eigenvalue weighted by Gasteiger charge is 2.17. The average Bonchev–Trinajstić information content (AvgIpc) is 2.57. The molecule has 0 radical (unpaired) electrons. The van der Waals surface area contributed by atoms with E-state index in [4.69, 9.17) is 10.5 Å². The molecule has 124 valence electrons. The minimum Gasteiger partial charge on any atom is -0.478 e. The van der Waals surface area contributed by atoms with Crippen molar-refractivity contribution in [2.75, 3.05) is 6.61 Å². The first kappa shape index (κ1) is 17.4. The lowest BCUT2D eigenvalue weighted by atomic mass is 10.1. The molecule has 0 aromatic heterocycles. The quantitative estimate of drug-likeness (QED) is 0.369. The van der Waals surface area contributed by atoms with E-state index in [0.717, 1.165) is 11.1 Å². The summed E-state index contributed by atoms with van der Waals surface area (Å²) in [5.41, 5.74) is 9.18. The number of benzene rings is 2. The Balaban J connectivity index is 2.34. The number of rotatable bonds is 6. The highest BCUT2D eigenvalue weighted by molar-refractivity contribution is 6.08. The fourth-order valence-electron chi connectivity index (χ4n) is 1.99. The van der Waals surface area contributed by atoms with Crippen LogP contribution in [0.3, 0.4) is 0 Å². The molecule has 0 spiro atoms. The van der Waals surface area contributed by atoms with Crippen molar-refractivity contribution in [3.63, 3.8) is 0 Å². The molecule has 0 aliphatic rings. The van der Waals surface area contributed by atoms with E-state index in [1.807, 2.05) is 50.2 Å². The van der Waals surface area contributed by atoms with E-state index < -0.39 is 0 Å². The van der Waals surface area contributed by atoms with Gasteiger partial charge in [-0.15, -0.1) is 5.11 Å². The van der Waals surface area contributed by atoms with Crippen LogP contribution >= 0.6 is 0 Å². The lowest BCUT2D eigenvalue weighted by molar-refractivity contribution is 0.102. The van der Waals surface area contributed by atoms with Crippen molar-refractivity contribution < 1.29 is 9.53 Å². The summed E-state index contributed by atoms with van der Waals surface area (Å²) < 4.78 is 5.26. The molecule has 2 aromatic rings. The van der Waals surface area contributed by atoms with Crippen LogP contribution in [-0.4, -0.2) is 12.4 Å². The summed E-state index contributed by atoms with van der Waals surface area (Å²) in [5, 5.41) is 8.15. The molecule has 0 saturated carbocycles. The highest BCUT2D eigenvalue weighted by atomic mass is 16.5. The van der Waals surface area contributed by atoms with E-state index in [9.17, 15) is 4.79 Å². The fourth-order valence-corrected chi connectivity index (χ4v) is 1.99. The molecule has 0 aliphatic heterocycles. The number of azo groups is 1. The summed E-state index contributed by atoms with van der Waals surface area (Å²) >= 11 is 0. The van der Waals surface area contributed by atoms with E-state index in [1.54, 1.807) is 19.1 Å². The van der Waals surface area contributed by atoms with Crippen LogP contribution in [0.4, 0.5) is 5.69 Å². The van der Waals surface area contributed by atoms with Crippen molar-refractivity contribution in [2.24, 2.45) is 16.0 Å². The largest absolute Gasteiger partial charge is 0.478 e. The van der Waals surface area contributed by atoms with Gasteiger partial charge in [0.05, 0.1) is 12.3 Å². The number of hydrogen-bond acceptors (Lipinski definition) is 5. The number of nitrogens with two attached hydrogens (primary N) is 1. The number of allylic oxidation sites excluding steroid dienone is 1. The molecule has 0 unspecified atom stereocenters. The minimum atomic E-state index is -0.322. The Morgan fingerprint density at radius 3 is 2.08 bits per heavy atom. The van der Waals surface area contributed by atoms with Gasteiger partial charge >= 0.3 is 0 Å². The molecular weight excluding hydrogens is 302 g/mol. The van der Waals surface area contributed by atoms with Gasteiger partial charge in [-0.2, -0.15) is 5.11 Å². The maximum absolute atomic E-state index is 12.7. The summed E-state index contributed by atoms with van der Waals surface area (Å²) in [6.07, 6.45) is 0. The molecule has 2 N–H and O–H groups in total. The van der Waals surface area contributed by atoms with Crippen LogP contribution in [0.15, 0.2) is 70.3 Å². The Bertz CT molecular complexity index is 760. The van der Waals surface area contributed by atoms with Crippen LogP contribution in [0.2, 0.25) is 0 Å². The summed E-state index contributed by atoms with van der Waals surface area (Å²) in [5.74, 6) is -0.351. The third kappa shape index (κ3) is 4.52. The molecule has 2 aromatic carbocycles. The second-order valence-electron chi connectivity index (χ2n) is 5.38. The smallest absolute Gasteiger partial charge is 0.218 e. The van der Waals surface area contributed by atoms with E-state index in [0.29, 0.717) is 17.9 Å². The van der Waals surface area contributed by atoms with E-state index in [1.165, 1.54) is 0 Å². The normalized spacial score (nSPS) is 12.1. The number of Topliss-reactive ketones (excluding diaryl/α,β-unsaturated/α-hetero) is 1. The molecule has 0 saturated heterocycles. The number of hydrogen-bond donors (Lipinski definition) is 1. The van der Waals surface area contributed by atoms with Gasteiger partial charge in [-0.3, -0.25) is 4.79 Å². The van der Waals surface area contributed by atoms with Crippen molar-refractivity contribution >= 4 is 11.5 Å². The first-order valence-electron chi connectivity index (χ1n) is 7.73. The Labute approximate surface area is 141 Å². The molecular formula is C19H21N3O2. The number of ether oxygens (including phenoxy) is 1. The predicted molar refractivity (Wildman–Crippen MR) is 94.0 cm³/mol. The lowest BCUT2D eigenvalue weighted by Gasteiger charge is -2.07. The van der Waals surface area contributed by atoms with E-state index in [2.05, 4.69) is 10.2 Å². The average molecular weight is 323 g/mol. The van der Waals surface area contributed by atoms with Crippen molar-refractivity contribution in [3.8, 4) is 0 Å². The number of nitrogens with zero attached hydrogens (tertiary/aromatic N) is 2. The predicted octanol–water partition coefficient (Wildman–Crippen LogP) is 4.43. The Hall–Kier alpha value is -2.95.